The van der Waals surface area contributed by atoms with Crippen LogP contribution in [0.2, 0.25) is 0 Å². The average Bonchev–Trinajstić information content (AvgIpc) is 2.98. The van der Waals surface area contributed by atoms with Crippen LogP contribution in [-0.2, 0) is 9.59 Å². The second-order valence-electron chi connectivity index (χ2n) is 9.12. The number of hydrogen-bond donors (Lipinski definition) is 3. The van der Waals surface area contributed by atoms with Gasteiger partial charge in [-0.25, -0.2) is 0 Å². The SMILES string of the molecule is NC1CCC(CN2CCCN(c3ccc(NC4CCC(=O)NC4=O)cc3)CC2)CC1. The Bertz CT molecular complexity index is 730. The molecule has 1 unspecified atom stereocenters. The summed E-state index contributed by atoms with van der Waals surface area (Å²) in [5.74, 6) is 0.396. The maximum absolute atomic E-state index is 11.9. The van der Waals surface area contributed by atoms with Crippen molar-refractivity contribution >= 4 is 23.2 Å². The van der Waals surface area contributed by atoms with Crippen LogP contribution in [-0.4, -0.2) is 61.5 Å². The Morgan fingerprint density at radius 1 is 0.967 bits per heavy atom. The van der Waals surface area contributed by atoms with Crippen molar-refractivity contribution in [1.29, 1.82) is 0 Å². The highest BCUT2D eigenvalue weighted by molar-refractivity contribution is 6.01. The third-order valence-corrected chi connectivity index (χ3v) is 6.81. The zero-order valence-corrected chi connectivity index (χ0v) is 17.8. The van der Waals surface area contributed by atoms with Gasteiger partial charge >= 0.3 is 0 Å². The van der Waals surface area contributed by atoms with E-state index >= 15 is 0 Å². The first kappa shape index (κ1) is 21.1. The third-order valence-electron chi connectivity index (χ3n) is 6.81. The Balaban J connectivity index is 1.27. The molecule has 7 heteroatoms. The van der Waals surface area contributed by atoms with Crippen LogP contribution in [0.1, 0.15) is 44.9 Å². The Morgan fingerprint density at radius 3 is 2.47 bits per heavy atom. The molecule has 1 saturated carbocycles. The normalized spacial score (nSPS) is 28.7. The molecule has 0 aromatic heterocycles. The summed E-state index contributed by atoms with van der Waals surface area (Å²) in [7, 11) is 0. The fourth-order valence-corrected chi connectivity index (χ4v) is 4.95. The van der Waals surface area contributed by atoms with Crippen molar-refractivity contribution in [3.05, 3.63) is 24.3 Å². The highest BCUT2D eigenvalue weighted by Gasteiger charge is 2.26. The number of benzene rings is 1. The van der Waals surface area contributed by atoms with Gasteiger partial charge in [-0.3, -0.25) is 14.9 Å². The van der Waals surface area contributed by atoms with Gasteiger partial charge < -0.3 is 20.9 Å². The van der Waals surface area contributed by atoms with Gasteiger partial charge in [0.05, 0.1) is 0 Å². The van der Waals surface area contributed by atoms with Crippen molar-refractivity contribution in [2.75, 3.05) is 42.9 Å². The van der Waals surface area contributed by atoms with Gasteiger partial charge in [-0.15, -0.1) is 0 Å². The minimum atomic E-state index is -0.338. The molecule has 3 fully saturated rings. The standard InChI is InChI=1S/C23H35N5O2/c24-18-4-2-17(3-5-18)16-27-12-1-13-28(15-14-27)20-8-6-19(7-9-20)25-21-10-11-22(29)26-23(21)30/h6-9,17-18,21,25H,1-5,10-16,24H2,(H,26,29,30). The topological polar surface area (TPSA) is 90.7 Å². The number of rotatable bonds is 5. The highest BCUT2D eigenvalue weighted by atomic mass is 16.2. The Labute approximate surface area is 179 Å². The van der Waals surface area contributed by atoms with Crippen LogP contribution in [0.25, 0.3) is 0 Å². The van der Waals surface area contributed by atoms with Gasteiger partial charge in [0.2, 0.25) is 11.8 Å². The third kappa shape index (κ3) is 5.52. The lowest BCUT2D eigenvalue weighted by Crippen LogP contribution is -2.47. The number of nitrogens with zero attached hydrogens (tertiary/aromatic N) is 2. The van der Waals surface area contributed by atoms with Gasteiger partial charge in [-0.1, -0.05) is 0 Å². The van der Waals surface area contributed by atoms with Crippen molar-refractivity contribution in [3.8, 4) is 0 Å². The molecule has 4 rings (SSSR count). The number of imide groups is 1. The Hall–Kier alpha value is -2.12. The van der Waals surface area contributed by atoms with E-state index in [1.165, 1.54) is 50.9 Å². The maximum Gasteiger partial charge on any atom is 0.249 e. The summed E-state index contributed by atoms with van der Waals surface area (Å²) in [4.78, 5) is 28.3. The van der Waals surface area contributed by atoms with E-state index in [-0.39, 0.29) is 17.9 Å². The molecule has 2 heterocycles. The fourth-order valence-electron chi connectivity index (χ4n) is 4.95. The molecule has 7 nitrogen and oxygen atoms in total. The molecular weight excluding hydrogens is 378 g/mol. The summed E-state index contributed by atoms with van der Waals surface area (Å²) in [6.07, 6.45) is 7.04. The molecule has 30 heavy (non-hydrogen) atoms. The molecule has 2 amide bonds. The molecule has 0 radical (unpaired) electrons. The minimum Gasteiger partial charge on any atom is -0.374 e. The number of nitrogens with one attached hydrogen (secondary N) is 2. The lowest BCUT2D eigenvalue weighted by atomic mass is 9.86. The molecule has 1 atom stereocenters. The molecule has 3 aliphatic rings. The van der Waals surface area contributed by atoms with E-state index in [1.54, 1.807) is 0 Å². The summed E-state index contributed by atoms with van der Waals surface area (Å²) in [6.45, 7) is 5.63. The lowest BCUT2D eigenvalue weighted by molar-refractivity contribution is -0.133. The van der Waals surface area contributed by atoms with E-state index in [2.05, 4.69) is 32.6 Å². The predicted molar refractivity (Wildman–Crippen MR) is 119 cm³/mol. The maximum atomic E-state index is 11.9. The highest BCUT2D eigenvalue weighted by Crippen LogP contribution is 2.25. The summed E-state index contributed by atoms with van der Waals surface area (Å²) in [6, 6.07) is 8.42. The van der Waals surface area contributed by atoms with Gasteiger partial charge in [0.25, 0.3) is 0 Å². The lowest BCUT2D eigenvalue weighted by Gasteiger charge is -2.31. The minimum absolute atomic E-state index is 0.185. The summed E-state index contributed by atoms with van der Waals surface area (Å²) in [5.41, 5.74) is 8.20. The zero-order valence-electron chi connectivity index (χ0n) is 17.8. The van der Waals surface area contributed by atoms with Crippen LogP contribution >= 0.6 is 0 Å². The summed E-state index contributed by atoms with van der Waals surface area (Å²) >= 11 is 0. The molecule has 164 valence electrons. The first-order chi connectivity index (χ1) is 14.6. The van der Waals surface area contributed by atoms with Crippen LogP contribution in [0.3, 0.4) is 0 Å². The average molecular weight is 414 g/mol. The van der Waals surface area contributed by atoms with E-state index < -0.39 is 0 Å². The number of anilines is 2. The van der Waals surface area contributed by atoms with E-state index in [4.69, 9.17) is 5.73 Å². The van der Waals surface area contributed by atoms with Crippen LogP contribution in [0.4, 0.5) is 11.4 Å². The fraction of sp³-hybridized carbons (Fsp3) is 0.652. The van der Waals surface area contributed by atoms with Crippen molar-refractivity contribution in [3.63, 3.8) is 0 Å². The molecule has 1 aromatic carbocycles. The van der Waals surface area contributed by atoms with E-state index in [0.717, 1.165) is 31.2 Å². The van der Waals surface area contributed by atoms with Gasteiger partial charge in [-0.2, -0.15) is 0 Å². The van der Waals surface area contributed by atoms with Crippen LogP contribution in [0.5, 0.6) is 0 Å². The van der Waals surface area contributed by atoms with E-state index in [9.17, 15) is 9.59 Å². The molecular formula is C23H35N5O2. The predicted octanol–water partition coefficient (Wildman–Crippen LogP) is 1.93. The summed E-state index contributed by atoms with van der Waals surface area (Å²) in [5, 5.41) is 5.64. The van der Waals surface area contributed by atoms with Crippen molar-refractivity contribution in [2.24, 2.45) is 11.7 Å². The number of nitrogens with two attached hydrogens (primary N) is 1. The van der Waals surface area contributed by atoms with Crippen molar-refractivity contribution in [1.82, 2.24) is 10.2 Å². The summed E-state index contributed by atoms with van der Waals surface area (Å²) < 4.78 is 0. The van der Waals surface area contributed by atoms with Gasteiger partial charge in [0, 0.05) is 50.0 Å². The molecule has 2 saturated heterocycles. The molecule has 4 N–H and O–H groups in total. The number of hydrogen-bond acceptors (Lipinski definition) is 6. The van der Waals surface area contributed by atoms with Crippen molar-refractivity contribution in [2.45, 2.75) is 57.0 Å². The zero-order chi connectivity index (χ0) is 20.9. The second kappa shape index (κ2) is 9.79. The van der Waals surface area contributed by atoms with Gasteiger partial charge in [0.15, 0.2) is 0 Å². The number of amides is 2. The van der Waals surface area contributed by atoms with Crippen LogP contribution in [0, 0.1) is 5.92 Å². The van der Waals surface area contributed by atoms with Crippen LogP contribution < -0.4 is 21.3 Å². The number of carbonyl (C=O) groups excluding carboxylic acids is 2. The first-order valence-electron chi connectivity index (χ1n) is 11.5. The Morgan fingerprint density at radius 2 is 1.73 bits per heavy atom. The van der Waals surface area contributed by atoms with Crippen LogP contribution in [0.15, 0.2) is 24.3 Å². The Kier molecular flexibility index (Phi) is 6.89. The quantitative estimate of drug-likeness (QED) is 0.639. The van der Waals surface area contributed by atoms with Crippen molar-refractivity contribution < 1.29 is 9.59 Å². The molecule has 0 spiro atoms. The van der Waals surface area contributed by atoms with Gasteiger partial charge in [0.1, 0.15) is 6.04 Å². The van der Waals surface area contributed by atoms with E-state index in [1.807, 2.05) is 12.1 Å². The first-order valence-corrected chi connectivity index (χ1v) is 11.5. The smallest absolute Gasteiger partial charge is 0.249 e. The van der Waals surface area contributed by atoms with E-state index in [0.29, 0.717) is 18.9 Å². The number of carbonyl (C=O) groups is 2. The largest absolute Gasteiger partial charge is 0.374 e. The van der Waals surface area contributed by atoms with Gasteiger partial charge in [-0.05, 0) is 75.3 Å². The second-order valence-corrected chi connectivity index (χ2v) is 9.12. The number of piperidine rings is 1. The monoisotopic (exact) mass is 413 g/mol. The molecule has 1 aromatic rings. The molecule has 0 bridgehead atoms. The molecule has 1 aliphatic carbocycles. The molecule has 2 aliphatic heterocycles.